The first-order valence-electron chi connectivity index (χ1n) is 7.82. The summed E-state index contributed by atoms with van der Waals surface area (Å²) in [6.07, 6.45) is 3.81. The molecule has 2 aromatic rings. The normalized spacial score (nSPS) is 18.3. The molecular weight excluding hydrogens is 296 g/mol. The molecule has 0 unspecified atom stereocenters. The number of carbonyl (C=O) groups excluding carboxylic acids is 1. The van der Waals surface area contributed by atoms with Gasteiger partial charge in [0.15, 0.2) is 6.04 Å². The number of aromatic amines is 1. The van der Waals surface area contributed by atoms with Gasteiger partial charge in [0, 0.05) is 30.1 Å². The van der Waals surface area contributed by atoms with Crippen LogP contribution < -0.4 is 0 Å². The second kappa shape index (κ2) is 6.83. The highest BCUT2D eigenvalue weighted by Gasteiger charge is 2.32. The molecular formula is C17H20N2O4. The second-order valence-electron chi connectivity index (χ2n) is 5.73. The van der Waals surface area contributed by atoms with E-state index in [1.54, 1.807) is 0 Å². The summed E-state index contributed by atoms with van der Waals surface area (Å²) in [5, 5.41) is 10.3. The van der Waals surface area contributed by atoms with Gasteiger partial charge in [-0.1, -0.05) is 18.2 Å². The van der Waals surface area contributed by atoms with E-state index in [4.69, 9.17) is 4.74 Å². The largest absolute Gasteiger partial charge is 0.480 e. The molecule has 0 saturated carbocycles. The van der Waals surface area contributed by atoms with E-state index in [-0.39, 0.29) is 12.5 Å². The molecule has 6 nitrogen and oxygen atoms in total. The Morgan fingerprint density at radius 3 is 3.00 bits per heavy atom. The van der Waals surface area contributed by atoms with Gasteiger partial charge in [0.2, 0.25) is 5.91 Å². The summed E-state index contributed by atoms with van der Waals surface area (Å²) in [6, 6.07) is 7.21. The number of fused-ring (bicyclic) bond motifs is 1. The number of amides is 1. The Balaban J connectivity index is 1.57. The molecule has 1 fully saturated rings. The third kappa shape index (κ3) is 3.37. The van der Waals surface area contributed by atoms with Crippen molar-refractivity contribution in [3.8, 4) is 0 Å². The lowest BCUT2D eigenvalue weighted by atomic mass is 10.1. The summed E-state index contributed by atoms with van der Waals surface area (Å²) < 4.78 is 5.16. The zero-order chi connectivity index (χ0) is 16.2. The Bertz CT molecular complexity index is 709. The summed E-state index contributed by atoms with van der Waals surface area (Å²) in [6.45, 7) is 0.824. The minimum Gasteiger partial charge on any atom is -0.480 e. The Morgan fingerprint density at radius 2 is 2.17 bits per heavy atom. The number of hydrogen-bond acceptors (Lipinski definition) is 3. The van der Waals surface area contributed by atoms with Gasteiger partial charge in [-0.05, 0) is 24.5 Å². The van der Waals surface area contributed by atoms with Gasteiger partial charge in [0.05, 0.1) is 13.2 Å². The topological polar surface area (TPSA) is 82.6 Å². The predicted molar refractivity (Wildman–Crippen MR) is 85.2 cm³/mol. The highest BCUT2D eigenvalue weighted by atomic mass is 16.5. The van der Waals surface area contributed by atoms with Crippen LogP contribution in [-0.4, -0.2) is 52.7 Å². The summed E-state index contributed by atoms with van der Waals surface area (Å²) in [7, 11) is 0. The standard InChI is InChI=1S/C17H20N2O4/c20-16(19-8-9-23-11-15(19)17(21)22)7-3-4-12-10-18-14-6-2-1-5-13(12)14/h1-2,5-6,10,15,18H,3-4,7-9,11H2,(H,21,22)/t15-/m1/s1. The number of nitrogens with one attached hydrogen (secondary N) is 1. The number of morpholine rings is 1. The van der Waals surface area contributed by atoms with Gasteiger partial charge in [-0.15, -0.1) is 0 Å². The van der Waals surface area contributed by atoms with Crippen molar-refractivity contribution in [2.45, 2.75) is 25.3 Å². The van der Waals surface area contributed by atoms with Crippen molar-refractivity contribution in [1.82, 2.24) is 9.88 Å². The maximum atomic E-state index is 12.3. The van der Waals surface area contributed by atoms with Crippen LogP contribution in [0.3, 0.4) is 0 Å². The molecule has 1 amide bonds. The smallest absolute Gasteiger partial charge is 0.328 e. The molecule has 122 valence electrons. The van der Waals surface area contributed by atoms with E-state index < -0.39 is 12.0 Å². The van der Waals surface area contributed by atoms with E-state index >= 15 is 0 Å². The SMILES string of the molecule is O=C(O)[C@H]1COCCN1C(=O)CCCc1c[nH]c2ccccc12. The van der Waals surface area contributed by atoms with Crippen LogP contribution >= 0.6 is 0 Å². The fourth-order valence-corrected chi connectivity index (χ4v) is 3.02. The number of aliphatic carboxylic acids is 1. The van der Waals surface area contributed by atoms with Crippen LogP contribution in [0.1, 0.15) is 18.4 Å². The average molecular weight is 316 g/mol. The number of carbonyl (C=O) groups is 2. The lowest BCUT2D eigenvalue weighted by molar-refractivity contribution is -0.158. The lowest BCUT2D eigenvalue weighted by Gasteiger charge is -2.32. The van der Waals surface area contributed by atoms with E-state index in [0.717, 1.165) is 11.9 Å². The first kappa shape index (κ1) is 15.6. The van der Waals surface area contributed by atoms with Gasteiger partial charge in [0.25, 0.3) is 0 Å². The Kier molecular flexibility index (Phi) is 4.62. The van der Waals surface area contributed by atoms with Crippen molar-refractivity contribution >= 4 is 22.8 Å². The molecule has 1 aliphatic rings. The zero-order valence-corrected chi connectivity index (χ0v) is 12.8. The van der Waals surface area contributed by atoms with Gasteiger partial charge >= 0.3 is 5.97 Å². The molecule has 0 radical (unpaired) electrons. The van der Waals surface area contributed by atoms with Crippen LogP contribution in [-0.2, 0) is 20.7 Å². The van der Waals surface area contributed by atoms with Crippen LogP contribution in [0.5, 0.6) is 0 Å². The molecule has 1 aromatic heterocycles. The van der Waals surface area contributed by atoms with E-state index in [1.807, 2.05) is 24.4 Å². The van der Waals surface area contributed by atoms with Crippen molar-refractivity contribution in [2.75, 3.05) is 19.8 Å². The molecule has 1 aliphatic heterocycles. The van der Waals surface area contributed by atoms with Crippen molar-refractivity contribution in [1.29, 1.82) is 0 Å². The van der Waals surface area contributed by atoms with E-state index in [0.29, 0.717) is 26.0 Å². The maximum Gasteiger partial charge on any atom is 0.328 e. The van der Waals surface area contributed by atoms with Crippen LogP contribution in [0, 0.1) is 0 Å². The summed E-state index contributed by atoms with van der Waals surface area (Å²) in [5.74, 6) is -1.12. The van der Waals surface area contributed by atoms with E-state index in [1.165, 1.54) is 15.8 Å². The molecule has 0 aliphatic carbocycles. The Hall–Kier alpha value is -2.34. The quantitative estimate of drug-likeness (QED) is 0.881. The number of benzene rings is 1. The fourth-order valence-electron chi connectivity index (χ4n) is 3.02. The summed E-state index contributed by atoms with van der Waals surface area (Å²) in [4.78, 5) is 28.2. The van der Waals surface area contributed by atoms with Gasteiger partial charge in [-0.2, -0.15) is 0 Å². The van der Waals surface area contributed by atoms with Crippen LogP contribution in [0.25, 0.3) is 10.9 Å². The van der Waals surface area contributed by atoms with Gasteiger partial charge in [-0.25, -0.2) is 4.79 Å². The Labute approximate surface area is 134 Å². The number of nitrogens with zero attached hydrogens (tertiary/aromatic N) is 1. The van der Waals surface area contributed by atoms with Crippen molar-refractivity contribution in [2.24, 2.45) is 0 Å². The van der Waals surface area contributed by atoms with E-state index in [2.05, 4.69) is 11.1 Å². The van der Waals surface area contributed by atoms with Crippen molar-refractivity contribution in [3.05, 3.63) is 36.0 Å². The molecule has 2 heterocycles. The van der Waals surface area contributed by atoms with Crippen LogP contribution in [0.2, 0.25) is 0 Å². The molecule has 23 heavy (non-hydrogen) atoms. The second-order valence-corrected chi connectivity index (χ2v) is 5.73. The van der Waals surface area contributed by atoms with Gasteiger partial charge in [-0.3, -0.25) is 4.79 Å². The first-order chi connectivity index (χ1) is 11.2. The lowest BCUT2D eigenvalue weighted by Crippen LogP contribution is -2.52. The minimum atomic E-state index is -1.00. The summed E-state index contributed by atoms with van der Waals surface area (Å²) in [5.41, 5.74) is 2.28. The molecule has 0 spiro atoms. The number of ether oxygens (including phenoxy) is 1. The molecule has 1 aromatic carbocycles. The predicted octanol–water partition coefficient (Wildman–Crippen LogP) is 1.80. The van der Waals surface area contributed by atoms with Gasteiger partial charge in [0.1, 0.15) is 0 Å². The fraction of sp³-hybridized carbons (Fsp3) is 0.412. The number of H-pyrrole nitrogens is 1. The van der Waals surface area contributed by atoms with Crippen molar-refractivity contribution < 1.29 is 19.4 Å². The number of carboxylic acids is 1. The maximum absolute atomic E-state index is 12.3. The zero-order valence-electron chi connectivity index (χ0n) is 12.8. The molecule has 6 heteroatoms. The van der Waals surface area contributed by atoms with Crippen LogP contribution in [0.15, 0.2) is 30.5 Å². The Morgan fingerprint density at radius 1 is 1.35 bits per heavy atom. The highest BCUT2D eigenvalue weighted by molar-refractivity contribution is 5.84. The highest BCUT2D eigenvalue weighted by Crippen LogP contribution is 2.20. The number of aromatic nitrogens is 1. The summed E-state index contributed by atoms with van der Waals surface area (Å²) >= 11 is 0. The average Bonchev–Trinajstić information content (AvgIpc) is 2.98. The molecule has 0 bridgehead atoms. The number of rotatable bonds is 5. The molecule has 1 atom stereocenters. The van der Waals surface area contributed by atoms with E-state index in [9.17, 15) is 14.7 Å². The third-order valence-electron chi connectivity index (χ3n) is 4.25. The van der Waals surface area contributed by atoms with Crippen molar-refractivity contribution in [3.63, 3.8) is 0 Å². The third-order valence-corrected chi connectivity index (χ3v) is 4.25. The molecule has 1 saturated heterocycles. The molecule has 2 N–H and O–H groups in total. The number of hydrogen-bond donors (Lipinski definition) is 2. The number of carboxylic acid groups (broad SMARTS) is 1. The first-order valence-corrected chi connectivity index (χ1v) is 7.82. The van der Waals surface area contributed by atoms with Gasteiger partial charge < -0.3 is 19.7 Å². The minimum absolute atomic E-state index is 0.0729. The monoisotopic (exact) mass is 316 g/mol. The molecule has 3 rings (SSSR count). The number of para-hydroxylation sites is 1. The number of aryl methyl sites for hydroxylation is 1. The van der Waals surface area contributed by atoms with Crippen LogP contribution in [0.4, 0.5) is 0 Å².